The molecule has 0 spiro atoms. The highest BCUT2D eigenvalue weighted by Crippen LogP contribution is 2.34. The van der Waals surface area contributed by atoms with Crippen LogP contribution < -0.4 is 0 Å². The highest BCUT2D eigenvalue weighted by atomic mass is 16.1. The van der Waals surface area contributed by atoms with Gasteiger partial charge in [0.15, 0.2) is 0 Å². The minimum absolute atomic E-state index is 0.216. The van der Waals surface area contributed by atoms with Gasteiger partial charge in [0.05, 0.1) is 0 Å². The van der Waals surface area contributed by atoms with E-state index in [4.69, 9.17) is 0 Å². The number of carbonyl (C=O) groups excluding carboxylic acids is 1. The van der Waals surface area contributed by atoms with Gasteiger partial charge in [-0.05, 0) is 26.7 Å². The molecule has 1 heterocycles. The number of carbonyl (C=O) groups is 1. The second-order valence-corrected chi connectivity index (χ2v) is 6.54. The highest BCUT2D eigenvalue weighted by Gasteiger charge is 2.39. The highest BCUT2D eigenvalue weighted by molar-refractivity contribution is 5.83. The summed E-state index contributed by atoms with van der Waals surface area (Å²) in [5, 5.41) is 0. The van der Waals surface area contributed by atoms with Crippen molar-refractivity contribution in [2.45, 2.75) is 52.6 Å². The van der Waals surface area contributed by atoms with E-state index in [-0.39, 0.29) is 5.92 Å². The lowest BCUT2D eigenvalue weighted by Gasteiger charge is -2.47. The fourth-order valence-electron chi connectivity index (χ4n) is 3.21. The first-order valence-corrected chi connectivity index (χ1v) is 7.51. The molecule has 1 saturated carbocycles. The van der Waals surface area contributed by atoms with Gasteiger partial charge in [-0.15, -0.1) is 0 Å². The normalized spacial score (nSPS) is 30.8. The van der Waals surface area contributed by atoms with Gasteiger partial charge in [-0.25, -0.2) is 0 Å². The molecule has 2 rings (SSSR count). The number of ketones is 1. The van der Waals surface area contributed by atoms with E-state index in [1.165, 1.54) is 26.2 Å². The molecule has 3 heteroatoms. The van der Waals surface area contributed by atoms with Crippen molar-refractivity contribution < 1.29 is 4.79 Å². The van der Waals surface area contributed by atoms with Crippen molar-refractivity contribution in [3.05, 3.63) is 0 Å². The van der Waals surface area contributed by atoms with E-state index in [2.05, 4.69) is 23.6 Å². The Morgan fingerprint density at radius 3 is 2.00 bits per heavy atom. The Balaban J connectivity index is 1.72. The van der Waals surface area contributed by atoms with Gasteiger partial charge < -0.3 is 0 Å². The summed E-state index contributed by atoms with van der Waals surface area (Å²) in [7, 11) is 0. The lowest BCUT2D eigenvalue weighted by atomic mass is 9.74. The fourth-order valence-corrected chi connectivity index (χ4v) is 3.21. The van der Waals surface area contributed by atoms with Gasteiger partial charge in [0.2, 0.25) is 0 Å². The maximum atomic E-state index is 11.9. The number of hydrogen-bond acceptors (Lipinski definition) is 3. The summed E-state index contributed by atoms with van der Waals surface area (Å²) < 4.78 is 0. The molecule has 1 aliphatic carbocycles. The molecule has 0 radical (unpaired) electrons. The summed E-state index contributed by atoms with van der Waals surface area (Å²) in [5.74, 6) is 1.05. The molecular weight excluding hydrogens is 224 g/mol. The van der Waals surface area contributed by atoms with Crippen LogP contribution in [0.1, 0.15) is 40.5 Å². The van der Waals surface area contributed by atoms with E-state index >= 15 is 0 Å². The predicted octanol–water partition coefficient (Wildman–Crippen LogP) is 2.02. The molecule has 3 nitrogen and oxygen atoms in total. The van der Waals surface area contributed by atoms with Crippen LogP contribution in [0.2, 0.25) is 0 Å². The van der Waals surface area contributed by atoms with E-state index in [0.29, 0.717) is 23.8 Å². The van der Waals surface area contributed by atoms with E-state index < -0.39 is 0 Å². The van der Waals surface area contributed by atoms with Crippen LogP contribution in [-0.4, -0.2) is 53.8 Å². The number of piperazine rings is 1. The van der Waals surface area contributed by atoms with E-state index in [9.17, 15) is 4.79 Å². The van der Waals surface area contributed by atoms with Crippen molar-refractivity contribution in [3.8, 4) is 0 Å². The molecule has 1 saturated heterocycles. The zero-order chi connectivity index (χ0) is 13.3. The lowest BCUT2D eigenvalue weighted by Crippen LogP contribution is -2.56. The maximum absolute atomic E-state index is 11.9. The lowest BCUT2D eigenvalue weighted by molar-refractivity contribution is -0.131. The average molecular weight is 252 g/mol. The molecule has 0 atom stereocenters. The van der Waals surface area contributed by atoms with E-state index in [1.54, 1.807) is 0 Å². The minimum atomic E-state index is 0.216. The first-order chi connectivity index (χ1) is 8.49. The smallest absolute Gasteiger partial charge is 0.138 e. The van der Waals surface area contributed by atoms with Crippen molar-refractivity contribution >= 4 is 5.78 Å². The monoisotopic (exact) mass is 252 g/mol. The standard InChI is InChI=1S/C15H28N2O/c1-11(2)15(18)13-9-14(10-13)17-7-5-16(6-8-17)12(3)4/h11-14H,5-10H2,1-4H3. The molecular formula is C15H28N2O. The first kappa shape index (κ1) is 14.0. The Labute approximate surface area is 112 Å². The summed E-state index contributed by atoms with van der Waals surface area (Å²) in [6.45, 7) is 13.4. The predicted molar refractivity (Wildman–Crippen MR) is 74.6 cm³/mol. The second-order valence-electron chi connectivity index (χ2n) is 6.54. The van der Waals surface area contributed by atoms with Crippen molar-refractivity contribution in [1.29, 1.82) is 0 Å². The number of nitrogens with zero attached hydrogens (tertiary/aromatic N) is 2. The van der Waals surface area contributed by atoms with E-state index in [0.717, 1.165) is 12.8 Å². The third-order valence-corrected chi connectivity index (χ3v) is 4.68. The van der Waals surface area contributed by atoms with Crippen LogP contribution in [0.5, 0.6) is 0 Å². The van der Waals surface area contributed by atoms with Gasteiger partial charge in [0, 0.05) is 50.1 Å². The Bertz CT molecular complexity index is 287. The third kappa shape index (κ3) is 2.94. The van der Waals surface area contributed by atoms with Crippen molar-refractivity contribution in [2.24, 2.45) is 11.8 Å². The van der Waals surface area contributed by atoms with Crippen LogP contribution in [0.25, 0.3) is 0 Å². The summed E-state index contributed by atoms with van der Waals surface area (Å²) in [5.41, 5.74) is 0. The first-order valence-electron chi connectivity index (χ1n) is 7.51. The van der Waals surface area contributed by atoms with Gasteiger partial charge in [0.25, 0.3) is 0 Å². The Morgan fingerprint density at radius 1 is 1.00 bits per heavy atom. The molecule has 104 valence electrons. The summed E-state index contributed by atoms with van der Waals surface area (Å²) in [6.07, 6.45) is 2.22. The van der Waals surface area contributed by atoms with E-state index in [1.807, 2.05) is 13.8 Å². The van der Waals surface area contributed by atoms with Crippen molar-refractivity contribution in [3.63, 3.8) is 0 Å². The van der Waals surface area contributed by atoms with Crippen LogP contribution in [0.15, 0.2) is 0 Å². The van der Waals surface area contributed by atoms with Crippen LogP contribution in [0.4, 0.5) is 0 Å². The van der Waals surface area contributed by atoms with Crippen molar-refractivity contribution in [2.75, 3.05) is 26.2 Å². The topological polar surface area (TPSA) is 23.6 Å². The van der Waals surface area contributed by atoms with Crippen LogP contribution in [0, 0.1) is 11.8 Å². The Hall–Kier alpha value is -0.410. The Kier molecular flexibility index (Phi) is 4.44. The molecule has 0 bridgehead atoms. The average Bonchev–Trinajstić information content (AvgIpc) is 2.27. The maximum Gasteiger partial charge on any atom is 0.138 e. The second kappa shape index (κ2) is 5.70. The molecule has 0 aromatic rings. The fraction of sp³-hybridized carbons (Fsp3) is 0.933. The number of rotatable bonds is 4. The number of Topliss-reactive ketones (excluding diaryl/α,β-unsaturated/α-hetero) is 1. The molecule has 18 heavy (non-hydrogen) atoms. The van der Waals surface area contributed by atoms with Crippen LogP contribution in [-0.2, 0) is 4.79 Å². The quantitative estimate of drug-likeness (QED) is 0.765. The summed E-state index contributed by atoms with van der Waals surface area (Å²) >= 11 is 0. The Morgan fingerprint density at radius 2 is 1.56 bits per heavy atom. The summed E-state index contributed by atoms with van der Waals surface area (Å²) in [4.78, 5) is 17.0. The third-order valence-electron chi connectivity index (χ3n) is 4.68. The van der Waals surface area contributed by atoms with Gasteiger partial charge in [-0.3, -0.25) is 14.6 Å². The van der Waals surface area contributed by atoms with Gasteiger partial charge >= 0.3 is 0 Å². The largest absolute Gasteiger partial charge is 0.299 e. The summed E-state index contributed by atoms with van der Waals surface area (Å²) in [6, 6.07) is 1.36. The van der Waals surface area contributed by atoms with Crippen molar-refractivity contribution in [1.82, 2.24) is 9.80 Å². The molecule has 0 aromatic heterocycles. The van der Waals surface area contributed by atoms with Gasteiger partial charge in [-0.1, -0.05) is 13.8 Å². The zero-order valence-corrected chi connectivity index (χ0v) is 12.4. The van der Waals surface area contributed by atoms with Gasteiger partial charge in [-0.2, -0.15) is 0 Å². The molecule has 0 aromatic carbocycles. The SMILES string of the molecule is CC(C)C(=O)C1CC(N2CCN(C(C)C)CC2)C1. The number of hydrogen-bond donors (Lipinski definition) is 0. The molecule has 1 aliphatic heterocycles. The van der Waals surface area contributed by atoms with Gasteiger partial charge in [0.1, 0.15) is 5.78 Å². The molecule has 2 fully saturated rings. The molecule has 2 aliphatic rings. The molecule has 0 N–H and O–H groups in total. The molecule has 0 amide bonds. The molecule has 0 unspecified atom stereocenters. The van der Waals surface area contributed by atoms with Crippen LogP contribution in [0.3, 0.4) is 0 Å². The zero-order valence-electron chi connectivity index (χ0n) is 12.4. The van der Waals surface area contributed by atoms with Crippen LogP contribution >= 0.6 is 0 Å². The minimum Gasteiger partial charge on any atom is -0.299 e.